The van der Waals surface area contributed by atoms with E-state index in [1.54, 1.807) is 0 Å². The predicted molar refractivity (Wildman–Crippen MR) is 194 cm³/mol. The summed E-state index contributed by atoms with van der Waals surface area (Å²) >= 11 is 0. The van der Waals surface area contributed by atoms with Crippen molar-refractivity contribution >= 4 is 11.0 Å². The molecule has 4 heteroatoms. The minimum absolute atomic E-state index is 0.508. The average molecular weight is 629 g/mol. The van der Waals surface area contributed by atoms with Crippen LogP contribution in [0.1, 0.15) is 22.3 Å². The van der Waals surface area contributed by atoms with Crippen LogP contribution in [-0.4, -0.2) is 9.97 Å². The van der Waals surface area contributed by atoms with Crippen LogP contribution >= 0.6 is 0 Å². The van der Waals surface area contributed by atoms with Crippen LogP contribution in [0.25, 0.3) is 44.5 Å². The summed E-state index contributed by atoms with van der Waals surface area (Å²) in [6.45, 7) is 0. The molecule has 7 aromatic carbocycles. The van der Waals surface area contributed by atoms with Gasteiger partial charge in [0, 0.05) is 5.56 Å². The van der Waals surface area contributed by atoms with Crippen LogP contribution in [0.3, 0.4) is 0 Å². The molecule has 49 heavy (non-hydrogen) atoms. The zero-order valence-corrected chi connectivity index (χ0v) is 26.4. The van der Waals surface area contributed by atoms with Crippen molar-refractivity contribution in [2.24, 2.45) is 0 Å². The van der Waals surface area contributed by atoms with Gasteiger partial charge in [-0.2, -0.15) is 0 Å². The molecule has 0 N–H and O–H groups in total. The zero-order chi connectivity index (χ0) is 32.4. The summed E-state index contributed by atoms with van der Waals surface area (Å²) in [6, 6.07) is 57.0. The maximum absolute atomic E-state index is 6.71. The number of hydrogen-bond donors (Lipinski definition) is 0. The molecule has 0 atom stereocenters. The van der Waals surface area contributed by atoms with Gasteiger partial charge in [0.05, 0.1) is 28.3 Å². The van der Waals surface area contributed by atoms with E-state index in [-0.39, 0.29) is 0 Å². The van der Waals surface area contributed by atoms with Gasteiger partial charge in [-0.3, -0.25) is 4.98 Å². The van der Waals surface area contributed by atoms with Crippen molar-refractivity contribution in [3.63, 3.8) is 0 Å². The standard InChI is InChI=1S/C45H28N2O2/c1-3-13-30(14-4-1)45(31-15-5-2-6-16-31)36-20-10-9-18-33(36)35-26-43-44(27-37(35)45)48-41-24-23-29(25-42(41)49-43)32-17-7-8-19-34(32)40-28-46-38-21-11-12-22-39(38)47-40/h1-28H. The Balaban J connectivity index is 1.10. The van der Waals surface area contributed by atoms with Crippen molar-refractivity contribution in [1.29, 1.82) is 0 Å². The molecular weight excluding hydrogens is 601 g/mol. The summed E-state index contributed by atoms with van der Waals surface area (Å²) in [5.41, 5.74) is 12.3. The summed E-state index contributed by atoms with van der Waals surface area (Å²) in [5.74, 6) is 2.76. The second-order valence-electron chi connectivity index (χ2n) is 12.5. The molecule has 0 saturated heterocycles. The molecule has 1 aliphatic carbocycles. The summed E-state index contributed by atoms with van der Waals surface area (Å²) in [5, 5.41) is 0. The molecule has 0 fully saturated rings. The number of para-hydroxylation sites is 2. The molecule has 8 aromatic rings. The summed E-state index contributed by atoms with van der Waals surface area (Å²) in [7, 11) is 0. The number of nitrogens with zero attached hydrogens (tertiary/aromatic N) is 2. The van der Waals surface area contributed by atoms with E-state index in [1.807, 2.05) is 48.7 Å². The highest BCUT2D eigenvalue weighted by Gasteiger charge is 2.47. The molecule has 1 aromatic heterocycles. The molecule has 4 nitrogen and oxygen atoms in total. The third kappa shape index (κ3) is 4.17. The molecule has 10 rings (SSSR count). The molecule has 0 bridgehead atoms. The summed E-state index contributed by atoms with van der Waals surface area (Å²) in [6.07, 6.45) is 1.85. The van der Waals surface area contributed by atoms with E-state index in [0.29, 0.717) is 23.0 Å². The van der Waals surface area contributed by atoms with Crippen molar-refractivity contribution in [2.75, 3.05) is 0 Å². The normalized spacial score (nSPS) is 13.4. The van der Waals surface area contributed by atoms with Crippen molar-refractivity contribution in [3.8, 4) is 56.5 Å². The molecule has 2 heterocycles. The largest absolute Gasteiger partial charge is 0.450 e. The Morgan fingerprint density at radius 3 is 1.78 bits per heavy atom. The lowest BCUT2D eigenvalue weighted by Crippen LogP contribution is -2.28. The first kappa shape index (κ1) is 27.6. The average Bonchev–Trinajstić information content (AvgIpc) is 3.46. The van der Waals surface area contributed by atoms with Gasteiger partial charge in [0.2, 0.25) is 0 Å². The lowest BCUT2D eigenvalue weighted by Gasteiger charge is -2.34. The Hall–Kier alpha value is -6.52. The van der Waals surface area contributed by atoms with E-state index in [1.165, 1.54) is 27.8 Å². The third-order valence-electron chi connectivity index (χ3n) is 9.87. The van der Waals surface area contributed by atoms with Crippen molar-refractivity contribution in [3.05, 3.63) is 192 Å². The first-order valence-electron chi connectivity index (χ1n) is 16.5. The molecule has 0 spiro atoms. The van der Waals surface area contributed by atoms with Gasteiger partial charge in [0.1, 0.15) is 0 Å². The highest BCUT2D eigenvalue weighted by atomic mass is 16.6. The SMILES string of the molecule is c1ccc(C2(c3ccccc3)c3ccccc3-c3cc4c(cc32)Oc2ccc(-c3ccccc3-c3cnc5ccccc5n3)cc2O4)cc1. The third-order valence-corrected chi connectivity index (χ3v) is 9.87. The van der Waals surface area contributed by atoms with Gasteiger partial charge in [-0.25, -0.2) is 4.98 Å². The number of ether oxygens (including phenoxy) is 2. The van der Waals surface area contributed by atoms with Crippen LogP contribution in [0.5, 0.6) is 23.0 Å². The zero-order valence-electron chi connectivity index (χ0n) is 26.4. The second-order valence-corrected chi connectivity index (χ2v) is 12.5. The van der Waals surface area contributed by atoms with Crippen LogP contribution in [0, 0.1) is 0 Å². The van der Waals surface area contributed by atoms with E-state index >= 15 is 0 Å². The highest BCUT2D eigenvalue weighted by molar-refractivity contribution is 5.89. The van der Waals surface area contributed by atoms with E-state index in [2.05, 4.69) is 126 Å². The van der Waals surface area contributed by atoms with Crippen LogP contribution in [0.4, 0.5) is 0 Å². The Kier molecular flexibility index (Phi) is 6.06. The molecule has 2 aliphatic rings. The van der Waals surface area contributed by atoms with Gasteiger partial charge in [-0.05, 0) is 80.9 Å². The maximum Gasteiger partial charge on any atom is 0.170 e. The number of aromatic nitrogens is 2. The van der Waals surface area contributed by atoms with Gasteiger partial charge in [-0.15, -0.1) is 0 Å². The molecule has 230 valence electrons. The van der Waals surface area contributed by atoms with Gasteiger partial charge >= 0.3 is 0 Å². The van der Waals surface area contributed by atoms with E-state index in [0.717, 1.165) is 39.0 Å². The number of hydrogen-bond acceptors (Lipinski definition) is 4. The minimum Gasteiger partial charge on any atom is -0.450 e. The quantitative estimate of drug-likeness (QED) is 0.195. The van der Waals surface area contributed by atoms with Gasteiger partial charge in [0.25, 0.3) is 0 Å². The van der Waals surface area contributed by atoms with Crippen LogP contribution < -0.4 is 9.47 Å². The molecule has 1 aliphatic heterocycles. The number of fused-ring (bicyclic) bond motifs is 6. The molecular formula is C45H28N2O2. The fourth-order valence-electron chi connectivity index (χ4n) is 7.73. The Bertz CT molecular complexity index is 2520. The fraction of sp³-hybridized carbons (Fsp3) is 0.0222. The Labute approximate surface area is 283 Å². The summed E-state index contributed by atoms with van der Waals surface area (Å²) < 4.78 is 13.4. The van der Waals surface area contributed by atoms with Crippen molar-refractivity contribution < 1.29 is 9.47 Å². The first-order valence-corrected chi connectivity index (χ1v) is 16.5. The predicted octanol–water partition coefficient (Wildman–Crippen LogP) is 11.2. The number of rotatable bonds is 4. The summed E-state index contributed by atoms with van der Waals surface area (Å²) in [4.78, 5) is 9.61. The number of benzene rings is 7. The lowest BCUT2D eigenvalue weighted by atomic mass is 9.67. The van der Waals surface area contributed by atoms with Gasteiger partial charge in [-0.1, -0.05) is 127 Å². The van der Waals surface area contributed by atoms with Crippen molar-refractivity contribution in [2.45, 2.75) is 5.41 Å². The van der Waals surface area contributed by atoms with E-state index < -0.39 is 5.41 Å². The van der Waals surface area contributed by atoms with Crippen LogP contribution in [0.15, 0.2) is 170 Å². The fourth-order valence-corrected chi connectivity index (χ4v) is 7.73. The maximum atomic E-state index is 6.71. The lowest BCUT2D eigenvalue weighted by molar-refractivity contribution is 0.359. The minimum atomic E-state index is -0.508. The Morgan fingerprint density at radius 2 is 1.00 bits per heavy atom. The molecule has 0 saturated carbocycles. The van der Waals surface area contributed by atoms with Crippen molar-refractivity contribution in [1.82, 2.24) is 9.97 Å². The molecule has 0 radical (unpaired) electrons. The highest BCUT2D eigenvalue weighted by Crippen LogP contribution is 2.59. The second kappa shape index (κ2) is 10.8. The van der Waals surface area contributed by atoms with Crippen LogP contribution in [-0.2, 0) is 5.41 Å². The topological polar surface area (TPSA) is 44.2 Å². The van der Waals surface area contributed by atoms with Gasteiger partial charge < -0.3 is 9.47 Å². The smallest absolute Gasteiger partial charge is 0.170 e. The first-order chi connectivity index (χ1) is 24.3. The van der Waals surface area contributed by atoms with Crippen LogP contribution in [0.2, 0.25) is 0 Å². The molecule has 0 unspecified atom stereocenters. The monoisotopic (exact) mass is 628 g/mol. The van der Waals surface area contributed by atoms with Gasteiger partial charge in [0.15, 0.2) is 23.0 Å². The molecule has 0 amide bonds. The van der Waals surface area contributed by atoms with E-state index in [4.69, 9.17) is 14.5 Å². The Morgan fingerprint density at radius 1 is 0.408 bits per heavy atom. The van der Waals surface area contributed by atoms with E-state index in [9.17, 15) is 0 Å².